The summed E-state index contributed by atoms with van der Waals surface area (Å²) in [5.74, 6) is 0.124. The van der Waals surface area contributed by atoms with E-state index < -0.39 is 0 Å². The Morgan fingerprint density at radius 3 is 2.41 bits per heavy atom. The summed E-state index contributed by atoms with van der Waals surface area (Å²) in [6.45, 7) is 9.45. The maximum atomic E-state index is 12.4. The summed E-state index contributed by atoms with van der Waals surface area (Å²) in [4.78, 5) is 30.8. The minimum absolute atomic E-state index is 0.0526. The van der Waals surface area contributed by atoms with Gasteiger partial charge < -0.3 is 10.2 Å². The molecule has 1 N–H and O–H groups in total. The monoisotopic (exact) mass is 390 g/mol. The largest absolute Gasteiger partial charge is 0.342 e. The van der Waals surface area contributed by atoms with Gasteiger partial charge in [0.2, 0.25) is 11.8 Å². The third-order valence-corrected chi connectivity index (χ3v) is 5.41. The van der Waals surface area contributed by atoms with Crippen LogP contribution in [0.3, 0.4) is 0 Å². The highest BCUT2D eigenvalue weighted by molar-refractivity contribution is 7.58. The van der Waals surface area contributed by atoms with Crippen molar-refractivity contribution in [2.24, 2.45) is 8.73 Å². The molecule has 3 rings (SSSR count). The number of hydrogen-bond donors (Lipinski definition) is 1. The van der Waals surface area contributed by atoms with Crippen LogP contribution in [0.2, 0.25) is 0 Å². The lowest BCUT2D eigenvalue weighted by atomic mass is 10.2. The zero-order chi connectivity index (χ0) is 19.2. The van der Waals surface area contributed by atoms with Crippen molar-refractivity contribution < 1.29 is 9.59 Å². The molecule has 0 bridgehead atoms. The molecule has 2 heterocycles. The van der Waals surface area contributed by atoms with Crippen molar-refractivity contribution in [2.75, 3.05) is 57.7 Å². The molecule has 27 heavy (non-hydrogen) atoms. The van der Waals surface area contributed by atoms with Crippen LogP contribution in [0.1, 0.15) is 13.8 Å². The number of piperazine rings is 1. The Hall–Kier alpha value is -2.10. The predicted molar refractivity (Wildman–Crippen MR) is 107 cm³/mol. The number of carbonyl (C=O) groups is 2. The van der Waals surface area contributed by atoms with Gasteiger partial charge in [0.15, 0.2) is 0 Å². The van der Waals surface area contributed by atoms with Crippen molar-refractivity contribution in [1.82, 2.24) is 14.7 Å². The average Bonchev–Trinajstić information content (AvgIpc) is 3.14. The lowest BCUT2D eigenvalue weighted by Crippen LogP contribution is -2.51. The van der Waals surface area contributed by atoms with Gasteiger partial charge in [0.1, 0.15) is 11.4 Å². The van der Waals surface area contributed by atoms with E-state index >= 15 is 0 Å². The summed E-state index contributed by atoms with van der Waals surface area (Å²) in [5, 5.41) is 2.94. The van der Waals surface area contributed by atoms with E-state index in [-0.39, 0.29) is 11.8 Å². The SMILES string of the molecule is CCN(CC)C(=O)CN1CCN(CC(=O)Nc2cccc3c2N=S=N3)CC1. The molecule has 1 aromatic rings. The zero-order valence-electron chi connectivity index (χ0n) is 15.8. The van der Waals surface area contributed by atoms with Crippen LogP contribution in [-0.2, 0) is 20.9 Å². The fourth-order valence-corrected chi connectivity index (χ4v) is 3.82. The van der Waals surface area contributed by atoms with Crippen LogP contribution in [0.15, 0.2) is 26.9 Å². The highest BCUT2D eigenvalue weighted by Crippen LogP contribution is 2.38. The number of rotatable bonds is 7. The molecular formula is C18H26N6O2S. The second kappa shape index (κ2) is 9.20. The van der Waals surface area contributed by atoms with E-state index in [9.17, 15) is 9.59 Å². The fourth-order valence-electron chi connectivity index (χ4n) is 3.27. The maximum absolute atomic E-state index is 12.4. The van der Waals surface area contributed by atoms with Crippen molar-refractivity contribution in [3.8, 4) is 0 Å². The van der Waals surface area contributed by atoms with Gasteiger partial charge in [-0.05, 0) is 26.0 Å². The van der Waals surface area contributed by atoms with Gasteiger partial charge in [-0.3, -0.25) is 19.4 Å². The molecule has 0 radical (unpaired) electrons. The highest BCUT2D eigenvalue weighted by Gasteiger charge is 2.22. The van der Waals surface area contributed by atoms with Crippen LogP contribution in [0.4, 0.5) is 17.1 Å². The molecule has 0 unspecified atom stereocenters. The molecule has 0 aliphatic carbocycles. The number of nitrogens with zero attached hydrogens (tertiary/aromatic N) is 5. The average molecular weight is 391 g/mol. The third-order valence-electron chi connectivity index (χ3n) is 4.87. The molecule has 2 aliphatic rings. The summed E-state index contributed by atoms with van der Waals surface area (Å²) in [7, 11) is 0. The van der Waals surface area contributed by atoms with Gasteiger partial charge in [-0.25, -0.2) is 0 Å². The molecule has 0 spiro atoms. The van der Waals surface area contributed by atoms with Crippen LogP contribution in [-0.4, -0.2) is 78.9 Å². The molecule has 1 aromatic carbocycles. The van der Waals surface area contributed by atoms with E-state index in [0.717, 1.165) is 62.0 Å². The van der Waals surface area contributed by atoms with Crippen LogP contribution in [0.5, 0.6) is 0 Å². The molecule has 8 nitrogen and oxygen atoms in total. The highest BCUT2D eigenvalue weighted by atomic mass is 32.1. The second-order valence-electron chi connectivity index (χ2n) is 6.60. The Balaban J connectivity index is 1.44. The Bertz CT molecular complexity index is 765. The predicted octanol–water partition coefficient (Wildman–Crippen LogP) is 1.84. The molecule has 0 atom stereocenters. The van der Waals surface area contributed by atoms with Crippen molar-refractivity contribution in [3.05, 3.63) is 18.2 Å². The number of fused-ring (bicyclic) bond motifs is 1. The number of nitrogens with one attached hydrogen (secondary N) is 1. The van der Waals surface area contributed by atoms with Gasteiger partial charge in [-0.2, -0.15) is 8.73 Å². The van der Waals surface area contributed by atoms with E-state index in [1.165, 1.54) is 0 Å². The molecule has 1 fully saturated rings. The van der Waals surface area contributed by atoms with E-state index in [4.69, 9.17) is 0 Å². The molecule has 2 amide bonds. The number of likely N-dealkylation sites (N-methyl/N-ethyl adjacent to an activating group) is 1. The van der Waals surface area contributed by atoms with Crippen LogP contribution in [0.25, 0.3) is 0 Å². The first-order valence-electron chi connectivity index (χ1n) is 9.34. The van der Waals surface area contributed by atoms with Crippen molar-refractivity contribution in [3.63, 3.8) is 0 Å². The van der Waals surface area contributed by atoms with Crippen molar-refractivity contribution >= 4 is 40.2 Å². The lowest BCUT2D eigenvalue weighted by Gasteiger charge is -2.34. The molecule has 9 heteroatoms. The molecule has 2 aliphatic heterocycles. The maximum Gasteiger partial charge on any atom is 0.238 e. The van der Waals surface area contributed by atoms with Gasteiger partial charge >= 0.3 is 0 Å². The Morgan fingerprint density at radius 2 is 1.74 bits per heavy atom. The molecular weight excluding hydrogens is 364 g/mol. The quantitative estimate of drug-likeness (QED) is 0.782. The molecule has 0 aromatic heterocycles. The Morgan fingerprint density at radius 1 is 1.07 bits per heavy atom. The van der Waals surface area contributed by atoms with Gasteiger partial charge in [0.05, 0.1) is 30.1 Å². The van der Waals surface area contributed by atoms with E-state index in [1.54, 1.807) is 0 Å². The van der Waals surface area contributed by atoms with Gasteiger partial charge in [0.25, 0.3) is 0 Å². The smallest absolute Gasteiger partial charge is 0.238 e. The summed E-state index contributed by atoms with van der Waals surface area (Å²) in [6.07, 6.45) is 0. The minimum atomic E-state index is -0.0526. The molecule has 1 saturated heterocycles. The van der Waals surface area contributed by atoms with Crippen LogP contribution in [0, 0.1) is 0 Å². The van der Waals surface area contributed by atoms with E-state index in [2.05, 4.69) is 23.8 Å². The second-order valence-corrected chi connectivity index (χ2v) is 7.13. The van der Waals surface area contributed by atoms with E-state index in [0.29, 0.717) is 18.8 Å². The third kappa shape index (κ3) is 5.00. The number of carbonyl (C=O) groups excluding carboxylic acids is 2. The number of amides is 2. The van der Waals surface area contributed by atoms with E-state index in [1.807, 2.05) is 36.9 Å². The van der Waals surface area contributed by atoms with Crippen molar-refractivity contribution in [2.45, 2.75) is 13.8 Å². The molecule has 146 valence electrons. The van der Waals surface area contributed by atoms with Crippen LogP contribution >= 0.6 is 0 Å². The number of hydrogen-bond acceptors (Lipinski definition) is 6. The first-order valence-corrected chi connectivity index (χ1v) is 10.1. The lowest BCUT2D eigenvalue weighted by molar-refractivity contribution is -0.132. The first-order chi connectivity index (χ1) is 13.1. The topological polar surface area (TPSA) is 80.6 Å². The van der Waals surface area contributed by atoms with Gasteiger partial charge in [-0.15, -0.1) is 0 Å². The number of anilines is 1. The summed E-state index contributed by atoms with van der Waals surface area (Å²) >= 11 is 1.14. The summed E-state index contributed by atoms with van der Waals surface area (Å²) in [6, 6.07) is 5.59. The Kier molecular flexibility index (Phi) is 6.70. The van der Waals surface area contributed by atoms with Crippen LogP contribution < -0.4 is 5.32 Å². The van der Waals surface area contributed by atoms with Crippen molar-refractivity contribution in [1.29, 1.82) is 0 Å². The standard InChI is InChI=1S/C18H26N6O2S/c1-3-24(4-2)17(26)13-23-10-8-22(9-11-23)12-16(25)19-14-6-5-7-15-18(14)21-27-20-15/h5-7H,3-4,8-13H2,1-2H3,(H,19,25). The zero-order valence-corrected chi connectivity index (χ0v) is 16.7. The number of benzene rings is 1. The normalized spacial score (nSPS) is 16.7. The fraction of sp³-hybridized carbons (Fsp3) is 0.556. The van der Waals surface area contributed by atoms with Gasteiger partial charge in [0, 0.05) is 39.3 Å². The van der Waals surface area contributed by atoms with Gasteiger partial charge in [-0.1, -0.05) is 6.07 Å². The first kappa shape index (κ1) is 19.7. The Labute approximate surface area is 163 Å². The summed E-state index contributed by atoms with van der Waals surface area (Å²) < 4.78 is 8.44. The molecule has 0 saturated carbocycles. The summed E-state index contributed by atoms with van der Waals surface area (Å²) in [5.41, 5.74) is 2.23. The minimum Gasteiger partial charge on any atom is -0.342 e.